The quantitative estimate of drug-likeness (QED) is 0.571. The SMILES string of the molecule is CS(=O)(=O)c1ccc(C(=O)OCC(=O)c2ccc3c(c2)OCCCO3)cc1. The molecular weight excluding hydrogens is 372 g/mol. The van der Waals surface area contributed by atoms with Crippen molar-refractivity contribution in [2.24, 2.45) is 0 Å². The van der Waals surface area contributed by atoms with E-state index in [0.29, 0.717) is 30.3 Å². The van der Waals surface area contributed by atoms with E-state index >= 15 is 0 Å². The van der Waals surface area contributed by atoms with Gasteiger partial charge in [0.05, 0.1) is 23.7 Å². The number of ether oxygens (including phenoxy) is 3. The normalized spacial score (nSPS) is 13.5. The molecule has 0 fully saturated rings. The molecule has 0 radical (unpaired) electrons. The first-order valence-corrected chi connectivity index (χ1v) is 10.1. The van der Waals surface area contributed by atoms with Gasteiger partial charge < -0.3 is 14.2 Å². The first-order valence-electron chi connectivity index (χ1n) is 8.25. The zero-order valence-corrected chi connectivity index (χ0v) is 15.5. The van der Waals surface area contributed by atoms with Crippen molar-refractivity contribution < 1.29 is 32.2 Å². The molecule has 0 unspecified atom stereocenters. The van der Waals surface area contributed by atoms with Crippen LogP contribution in [0.5, 0.6) is 11.5 Å². The molecule has 0 atom stereocenters. The molecule has 7 nitrogen and oxygen atoms in total. The van der Waals surface area contributed by atoms with Gasteiger partial charge in [-0.2, -0.15) is 0 Å². The van der Waals surface area contributed by atoms with E-state index in [9.17, 15) is 18.0 Å². The molecule has 0 N–H and O–H groups in total. The Morgan fingerprint density at radius 2 is 1.59 bits per heavy atom. The lowest BCUT2D eigenvalue weighted by Gasteiger charge is -2.09. The van der Waals surface area contributed by atoms with Gasteiger partial charge in [-0.15, -0.1) is 0 Å². The molecule has 0 bridgehead atoms. The van der Waals surface area contributed by atoms with Gasteiger partial charge in [-0.25, -0.2) is 13.2 Å². The first kappa shape index (κ1) is 18.9. The van der Waals surface area contributed by atoms with Crippen LogP contribution in [0.4, 0.5) is 0 Å². The van der Waals surface area contributed by atoms with E-state index in [-0.39, 0.29) is 16.2 Å². The summed E-state index contributed by atoms with van der Waals surface area (Å²) in [5.41, 5.74) is 0.508. The fraction of sp³-hybridized carbons (Fsp3) is 0.263. The largest absolute Gasteiger partial charge is 0.490 e. The zero-order valence-electron chi connectivity index (χ0n) is 14.6. The number of rotatable bonds is 5. The number of benzene rings is 2. The molecule has 0 amide bonds. The predicted molar refractivity (Wildman–Crippen MR) is 96.2 cm³/mol. The van der Waals surface area contributed by atoms with E-state index < -0.39 is 22.4 Å². The van der Waals surface area contributed by atoms with Gasteiger partial charge in [0.2, 0.25) is 0 Å². The number of ketones is 1. The Kier molecular flexibility index (Phi) is 5.46. The van der Waals surface area contributed by atoms with E-state index in [4.69, 9.17) is 14.2 Å². The second kappa shape index (κ2) is 7.79. The van der Waals surface area contributed by atoms with Crippen LogP contribution in [0.25, 0.3) is 0 Å². The van der Waals surface area contributed by atoms with Crippen molar-refractivity contribution in [1.82, 2.24) is 0 Å². The molecule has 0 saturated heterocycles. The third-order valence-electron chi connectivity index (χ3n) is 3.92. The van der Waals surface area contributed by atoms with Crippen LogP contribution in [0, 0.1) is 0 Å². The minimum Gasteiger partial charge on any atom is -0.490 e. The van der Waals surface area contributed by atoms with Gasteiger partial charge in [-0.3, -0.25) is 4.79 Å². The van der Waals surface area contributed by atoms with Crippen molar-refractivity contribution in [2.75, 3.05) is 26.1 Å². The summed E-state index contributed by atoms with van der Waals surface area (Å²) in [6.45, 7) is 0.617. The van der Waals surface area contributed by atoms with Gasteiger partial charge in [0.15, 0.2) is 33.7 Å². The van der Waals surface area contributed by atoms with Crippen LogP contribution in [0.2, 0.25) is 0 Å². The summed E-state index contributed by atoms with van der Waals surface area (Å²) in [5, 5.41) is 0. The molecule has 1 aliphatic rings. The van der Waals surface area contributed by atoms with Gasteiger partial charge in [-0.1, -0.05) is 0 Å². The Labute approximate surface area is 156 Å². The number of carbonyl (C=O) groups is 2. The van der Waals surface area contributed by atoms with Crippen LogP contribution in [-0.2, 0) is 14.6 Å². The third kappa shape index (κ3) is 4.65. The maximum absolute atomic E-state index is 12.3. The number of fused-ring (bicyclic) bond motifs is 1. The van der Waals surface area contributed by atoms with Gasteiger partial charge >= 0.3 is 5.97 Å². The molecular formula is C19H18O7S. The van der Waals surface area contributed by atoms with Crippen LogP contribution in [-0.4, -0.2) is 46.2 Å². The van der Waals surface area contributed by atoms with Crippen LogP contribution < -0.4 is 9.47 Å². The summed E-state index contributed by atoms with van der Waals surface area (Å²) in [5.74, 6) is -0.0300. The van der Waals surface area contributed by atoms with Gasteiger partial charge in [0.1, 0.15) is 0 Å². The van der Waals surface area contributed by atoms with E-state index in [2.05, 4.69) is 0 Å². The number of sulfone groups is 1. The highest BCUT2D eigenvalue weighted by atomic mass is 32.2. The van der Waals surface area contributed by atoms with E-state index in [1.54, 1.807) is 18.2 Å². The lowest BCUT2D eigenvalue weighted by atomic mass is 10.1. The minimum atomic E-state index is -3.35. The topological polar surface area (TPSA) is 96.0 Å². The zero-order chi connectivity index (χ0) is 19.4. The average molecular weight is 390 g/mol. The number of carbonyl (C=O) groups excluding carboxylic acids is 2. The lowest BCUT2D eigenvalue weighted by Crippen LogP contribution is -2.14. The van der Waals surface area contributed by atoms with Crippen molar-refractivity contribution in [1.29, 1.82) is 0 Å². The van der Waals surface area contributed by atoms with Crippen LogP contribution in [0.15, 0.2) is 47.4 Å². The molecule has 8 heteroatoms. The average Bonchev–Trinajstić information content (AvgIpc) is 2.90. The van der Waals surface area contributed by atoms with Crippen molar-refractivity contribution in [3.8, 4) is 11.5 Å². The number of esters is 1. The van der Waals surface area contributed by atoms with E-state index in [1.165, 1.54) is 24.3 Å². The number of hydrogen-bond donors (Lipinski definition) is 0. The van der Waals surface area contributed by atoms with Gasteiger partial charge in [0.25, 0.3) is 0 Å². The number of hydrogen-bond acceptors (Lipinski definition) is 7. The van der Waals surface area contributed by atoms with Gasteiger partial charge in [0, 0.05) is 18.2 Å². The highest BCUT2D eigenvalue weighted by molar-refractivity contribution is 7.90. The molecule has 27 heavy (non-hydrogen) atoms. The Morgan fingerprint density at radius 3 is 2.26 bits per heavy atom. The van der Waals surface area contributed by atoms with E-state index in [0.717, 1.165) is 12.7 Å². The second-order valence-electron chi connectivity index (χ2n) is 6.01. The first-order chi connectivity index (χ1) is 12.8. The van der Waals surface area contributed by atoms with Crippen LogP contribution in [0.1, 0.15) is 27.1 Å². The Bertz CT molecular complexity index is 962. The molecule has 0 saturated carbocycles. The highest BCUT2D eigenvalue weighted by Gasteiger charge is 2.16. The standard InChI is InChI=1S/C19H18O7S/c1-27(22,23)15-6-3-13(4-7-15)19(21)26-12-16(20)14-5-8-17-18(11-14)25-10-2-9-24-17/h3-8,11H,2,9-10,12H2,1H3. The van der Waals surface area contributed by atoms with Crippen molar-refractivity contribution in [3.63, 3.8) is 0 Å². The fourth-order valence-corrected chi connectivity index (χ4v) is 3.10. The molecule has 2 aromatic rings. The smallest absolute Gasteiger partial charge is 0.338 e. The second-order valence-corrected chi connectivity index (χ2v) is 8.02. The fourth-order valence-electron chi connectivity index (χ4n) is 2.47. The van der Waals surface area contributed by atoms with Crippen molar-refractivity contribution in [3.05, 3.63) is 53.6 Å². The molecule has 3 rings (SSSR count). The maximum atomic E-state index is 12.3. The van der Waals surface area contributed by atoms with Crippen LogP contribution >= 0.6 is 0 Å². The Balaban J connectivity index is 1.63. The van der Waals surface area contributed by atoms with Crippen LogP contribution in [0.3, 0.4) is 0 Å². The minimum absolute atomic E-state index is 0.0994. The summed E-state index contributed by atoms with van der Waals surface area (Å²) in [4.78, 5) is 24.4. The molecule has 0 aromatic heterocycles. The third-order valence-corrected chi connectivity index (χ3v) is 5.05. The predicted octanol–water partition coefficient (Wildman–Crippen LogP) is 2.29. The lowest BCUT2D eigenvalue weighted by molar-refractivity contribution is 0.0474. The summed E-state index contributed by atoms with van der Waals surface area (Å²) in [7, 11) is -3.35. The summed E-state index contributed by atoms with van der Waals surface area (Å²) in [6, 6.07) is 10.1. The van der Waals surface area contributed by atoms with E-state index in [1.807, 2.05) is 0 Å². The molecule has 142 valence electrons. The monoisotopic (exact) mass is 390 g/mol. The maximum Gasteiger partial charge on any atom is 0.338 e. The molecule has 1 aliphatic heterocycles. The Hall–Kier alpha value is -2.87. The summed E-state index contributed by atoms with van der Waals surface area (Å²) < 4.78 is 38.9. The van der Waals surface area contributed by atoms with Crippen molar-refractivity contribution in [2.45, 2.75) is 11.3 Å². The van der Waals surface area contributed by atoms with Crippen molar-refractivity contribution >= 4 is 21.6 Å². The summed E-state index contributed by atoms with van der Waals surface area (Å²) in [6.07, 6.45) is 1.84. The molecule has 0 aliphatic carbocycles. The van der Waals surface area contributed by atoms with Gasteiger partial charge in [-0.05, 0) is 42.5 Å². The Morgan fingerprint density at radius 1 is 0.963 bits per heavy atom. The summed E-state index contributed by atoms with van der Waals surface area (Å²) >= 11 is 0. The molecule has 2 aromatic carbocycles. The highest BCUT2D eigenvalue weighted by Crippen LogP contribution is 2.30. The molecule has 1 heterocycles. The number of Topliss-reactive ketones (excluding diaryl/α,β-unsaturated/α-hetero) is 1. The molecule has 0 spiro atoms.